The SMILES string of the molecule is CC(C)Oc1cc(C=O)cc(-c2cc3ccccc3s2)c1. The van der Waals surface area contributed by atoms with Crippen molar-refractivity contribution < 1.29 is 9.53 Å². The first-order valence-electron chi connectivity index (χ1n) is 6.91. The number of benzene rings is 2. The second-order valence-corrected chi connectivity index (χ2v) is 6.31. The van der Waals surface area contributed by atoms with Gasteiger partial charge in [-0.15, -0.1) is 11.3 Å². The molecule has 0 radical (unpaired) electrons. The van der Waals surface area contributed by atoms with Gasteiger partial charge >= 0.3 is 0 Å². The minimum Gasteiger partial charge on any atom is -0.491 e. The molecule has 21 heavy (non-hydrogen) atoms. The quantitative estimate of drug-likeness (QED) is 0.621. The van der Waals surface area contributed by atoms with Crippen LogP contribution >= 0.6 is 11.3 Å². The Morgan fingerprint density at radius 1 is 1.10 bits per heavy atom. The molecular formula is C18H16O2S. The van der Waals surface area contributed by atoms with Crippen molar-refractivity contribution in [1.82, 2.24) is 0 Å². The molecule has 3 heteroatoms. The number of ether oxygens (including phenoxy) is 1. The van der Waals surface area contributed by atoms with Gasteiger partial charge in [0.15, 0.2) is 0 Å². The molecule has 0 aliphatic heterocycles. The molecule has 1 heterocycles. The third-order valence-electron chi connectivity index (χ3n) is 3.15. The molecule has 0 N–H and O–H groups in total. The lowest BCUT2D eigenvalue weighted by Gasteiger charge is -2.11. The average molecular weight is 296 g/mol. The van der Waals surface area contributed by atoms with E-state index in [0.29, 0.717) is 5.56 Å². The Morgan fingerprint density at radius 2 is 1.90 bits per heavy atom. The maximum absolute atomic E-state index is 11.1. The van der Waals surface area contributed by atoms with Crippen molar-refractivity contribution in [3.8, 4) is 16.2 Å². The number of thiophene rings is 1. The Kier molecular flexibility index (Phi) is 3.76. The summed E-state index contributed by atoms with van der Waals surface area (Å²) in [6, 6.07) is 16.1. The van der Waals surface area contributed by atoms with E-state index in [0.717, 1.165) is 22.5 Å². The van der Waals surface area contributed by atoms with Crippen LogP contribution < -0.4 is 4.74 Å². The van der Waals surface area contributed by atoms with Crippen molar-refractivity contribution in [3.63, 3.8) is 0 Å². The van der Waals surface area contributed by atoms with Crippen LogP contribution in [0.25, 0.3) is 20.5 Å². The highest BCUT2D eigenvalue weighted by atomic mass is 32.1. The molecule has 3 rings (SSSR count). The number of carbonyl (C=O) groups excluding carboxylic acids is 1. The zero-order chi connectivity index (χ0) is 14.8. The summed E-state index contributed by atoms with van der Waals surface area (Å²) < 4.78 is 6.98. The van der Waals surface area contributed by atoms with Gasteiger partial charge in [-0.05, 0) is 55.1 Å². The predicted octanol–water partition coefficient (Wildman–Crippen LogP) is 5.17. The standard InChI is InChI=1S/C18H16O2S/c1-12(2)20-16-8-13(11-19)7-15(9-16)18-10-14-5-3-4-6-17(14)21-18/h3-12H,1-2H3. The van der Waals surface area contributed by atoms with E-state index < -0.39 is 0 Å². The second kappa shape index (κ2) is 5.70. The summed E-state index contributed by atoms with van der Waals surface area (Å²) in [6.45, 7) is 3.96. The number of rotatable bonds is 4. The monoisotopic (exact) mass is 296 g/mol. The molecule has 2 aromatic carbocycles. The Bertz CT molecular complexity index is 754. The molecule has 0 aliphatic rings. The second-order valence-electron chi connectivity index (χ2n) is 5.22. The van der Waals surface area contributed by atoms with E-state index in [2.05, 4.69) is 18.2 Å². The first-order valence-corrected chi connectivity index (χ1v) is 7.73. The van der Waals surface area contributed by atoms with Gasteiger partial charge in [-0.25, -0.2) is 0 Å². The largest absolute Gasteiger partial charge is 0.491 e. The van der Waals surface area contributed by atoms with Crippen LogP contribution in [-0.2, 0) is 0 Å². The number of hydrogen-bond acceptors (Lipinski definition) is 3. The van der Waals surface area contributed by atoms with Gasteiger partial charge in [0, 0.05) is 15.1 Å². The van der Waals surface area contributed by atoms with Gasteiger partial charge in [-0.3, -0.25) is 4.79 Å². The molecule has 2 nitrogen and oxygen atoms in total. The molecule has 0 amide bonds. The van der Waals surface area contributed by atoms with Crippen molar-refractivity contribution in [2.75, 3.05) is 0 Å². The fraction of sp³-hybridized carbons (Fsp3) is 0.167. The molecule has 0 fully saturated rings. The first kappa shape index (κ1) is 13.8. The van der Waals surface area contributed by atoms with E-state index in [4.69, 9.17) is 4.74 Å². The summed E-state index contributed by atoms with van der Waals surface area (Å²) in [7, 11) is 0. The maximum Gasteiger partial charge on any atom is 0.150 e. The van der Waals surface area contributed by atoms with Crippen LogP contribution in [0.1, 0.15) is 24.2 Å². The van der Waals surface area contributed by atoms with Gasteiger partial charge in [0.05, 0.1) is 6.10 Å². The van der Waals surface area contributed by atoms with Crippen molar-refractivity contribution >= 4 is 27.7 Å². The van der Waals surface area contributed by atoms with Crippen molar-refractivity contribution in [3.05, 3.63) is 54.1 Å². The molecular weight excluding hydrogens is 280 g/mol. The van der Waals surface area contributed by atoms with Gasteiger partial charge in [-0.2, -0.15) is 0 Å². The summed E-state index contributed by atoms with van der Waals surface area (Å²) in [5.74, 6) is 0.738. The molecule has 0 atom stereocenters. The van der Waals surface area contributed by atoms with Crippen molar-refractivity contribution in [2.24, 2.45) is 0 Å². The lowest BCUT2D eigenvalue weighted by molar-refractivity contribution is 0.112. The molecule has 0 aliphatic carbocycles. The van der Waals surface area contributed by atoms with E-state index in [1.165, 1.54) is 10.1 Å². The van der Waals surface area contributed by atoms with Gasteiger partial charge in [-0.1, -0.05) is 18.2 Å². The molecule has 0 unspecified atom stereocenters. The van der Waals surface area contributed by atoms with Gasteiger partial charge < -0.3 is 4.74 Å². The molecule has 3 aromatic rings. The molecule has 0 spiro atoms. The molecule has 0 bridgehead atoms. The predicted molar refractivity (Wildman–Crippen MR) is 88.4 cm³/mol. The number of aldehydes is 1. The Labute approximate surface area is 128 Å². The number of hydrogen-bond donors (Lipinski definition) is 0. The zero-order valence-corrected chi connectivity index (χ0v) is 12.8. The van der Waals surface area contributed by atoms with E-state index in [-0.39, 0.29) is 6.10 Å². The van der Waals surface area contributed by atoms with Crippen molar-refractivity contribution in [1.29, 1.82) is 0 Å². The maximum atomic E-state index is 11.1. The van der Waals surface area contributed by atoms with Gasteiger partial charge in [0.1, 0.15) is 12.0 Å². The van der Waals surface area contributed by atoms with E-state index >= 15 is 0 Å². The van der Waals surface area contributed by atoms with E-state index in [1.54, 1.807) is 17.4 Å². The van der Waals surface area contributed by atoms with Crippen LogP contribution in [0.15, 0.2) is 48.5 Å². The number of fused-ring (bicyclic) bond motifs is 1. The highest BCUT2D eigenvalue weighted by Gasteiger charge is 2.08. The molecule has 0 saturated carbocycles. The summed E-state index contributed by atoms with van der Waals surface area (Å²) in [4.78, 5) is 12.3. The van der Waals surface area contributed by atoms with Crippen LogP contribution in [0, 0.1) is 0 Å². The topological polar surface area (TPSA) is 26.3 Å². The highest BCUT2D eigenvalue weighted by molar-refractivity contribution is 7.22. The zero-order valence-electron chi connectivity index (χ0n) is 12.0. The van der Waals surface area contributed by atoms with E-state index in [1.807, 2.05) is 38.1 Å². The fourth-order valence-electron chi connectivity index (χ4n) is 2.30. The summed E-state index contributed by atoms with van der Waals surface area (Å²) in [6.07, 6.45) is 0.950. The van der Waals surface area contributed by atoms with Crippen LogP contribution in [0.2, 0.25) is 0 Å². The Morgan fingerprint density at radius 3 is 2.62 bits per heavy atom. The smallest absolute Gasteiger partial charge is 0.150 e. The van der Waals surface area contributed by atoms with Crippen LogP contribution in [0.4, 0.5) is 0 Å². The van der Waals surface area contributed by atoms with Gasteiger partial charge in [0.2, 0.25) is 0 Å². The molecule has 1 aromatic heterocycles. The lowest BCUT2D eigenvalue weighted by Crippen LogP contribution is -2.05. The Balaban J connectivity index is 2.09. The van der Waals surface area contributed by atoms with Crippen LogP contribution in [0.3, 0.4) is 0 Å². The van der Waals surface area contributed by atoms with Crippen molar-refractivity contribution in [2.45, 2.75) is 20.0 Å². The van der Waals surface area contributed by atoms with E-state index in [9.17, 15) is 4.79 Å². The third kappa shape index (κ3) is 2.98. The Hall–Kier alpha value is -2.13. The third-order valence-corrected chi connectivity index (χ3v) is 4.31. The fourth-order valence-corrected chi connectivity index (χ4v) is 3.35. The molecule has 0 saturated heterocycles. The number of carbonyl (C=O) groups is 1. The highest BCUT2D eigenvalue weighted by Crippen LogP contribution is 2.35. The first-order chi connectivity index (χ1) is 10.2. The average Bonchev–Trinajstić information content (AvgIpc) is 2.90. The minimum absolute atomic E-state index is 0.0853. The summed E-state index contributed by atoms with van der Waals surface area (Å²) in [5, 5.41) is 1.22. The minimum atomic E-state index is 0.0853. The van der Waals surface area contributed by atoms with Crippen LogP contribution in [-0.4, -0.2) is 12.4 Å². The van der Waals surface area contributed by atoms with Gasteiger partial charge in [0.25, 0.3) is 0 Å². The summed E-state index contributed by atoms with van der Waals surface area (Å²) >= 11 is 1.73. The summed E-state index contributed by atoms with van der Waals surface area (Å²) in [5.41, 5.74) is 1.66. The lowest BCUT2D eigenvalue weighted by atomic mass is 10.1. The van der Waals surface area contributed by atoms with Crippen LogP contribution in [0.5, 0.6) is 5.75 Å². The normalized spacial score (nSPS) is 11.0. The molecule has 106 valence electrons.